The summed E-state index contributed by atoms with van der Waals surface area (Å²) in [4.78, 5) is 12.7. The number of methoxy groups -OCH3 is 1. The number of nitrogens with one attached hydrogen (secondary N) is 1. The molecule has 4 nitrogen and oxygen atoms in total. The average molecular weight is 375 g/mol. The molecule has 0 spiro atoms. The van der Waals surface area contributed by atoms with Gasteiger partial charge in [0.15, 0.2) is 0 Å². The Morgan fingerprint density at radius 3 is 2.50 bits per heavy atom. The molecule has 1 aliphatic carbocycles. The lowest BCUT2D eigenvalue weighted by molar-refractivity contribution is -0.122. The van der Waals surface area contributed by atoms with E-state index in [1.807, 2.05) is 54.6 Å². The number of para-hydroxylation sites is 1. The smallest absolute Gasteiger partial charge is 0.221 e. The molecule has 140 valence electrons. The zero-order chi connectivity index (χ0) is 17.6. The van der Waals surface area contributed by atoms with E-state index in [2.05, 4.69) is 5.32 Å². The summed E-state index contributed by atoms with van der Waals surface area (Å²) in [6, 6.07) is 17.7. The summed E-state index contributed by atoms with van der Waals surface area (Å²) in [5.74, 6) is 1.10. The minimum atomic E-state index is -0.234. The van der Waals surface area contributed by atoms with Gasteiger partial charge in [-0.25, -0.2) is 0 Å². The lowest BCUT2D eigenvalue weighted by atomic mass is 9.96. The predicted octanol–water partition coefficient (Wildman–Crippen LogP) is 3.84. The molecule has 3 rings (SSSR count). The molecule has 5 heteroatoms. The molecule has 3 N–H and O–H groups in total. The summed E-state index contributed by atoms with van der Waals surface area (Å²) >= 11 is 0. The van der Waals surface area contributed by atoms with Crippen molar-refractivity contribution in [3.05, 3.63) is 65.7 Å². The molecule has 2 aromatic carbocycles. The fourth-order valence-corrected chi connectivity index (χ4v) is 3.67. The van der Waals surface area contributed by atoms with Crippen molar-refractivity contribution >= 4 is 18.3 Å². The molecule has 0 saturated heterocycles. The van der Waals surface area contributed by atoms with E-state index in [1.165, 1.54) is 0 Å². The first-order valence-corrected chi connectivity index (χ1v) is 8.92. The lowest BCUT2D eigenvalue weighted by Gasteiger charge is -2.23. The van der Waals surface area contributed by atoms with Crippen molar-refractivity contribution in [2.45, 2.75) is 37.8 Å². The van der Waals surface area contributed by atoms with Gasteiger partial charge in [0.05, 0.1) is 13.2 Å². The Balaban J connectivity index is 0.00000243. The number of rotatable bonds is 6. The van der Waals surface area contributed by atoms with Crippen LogP contribution >= 0.6 is 12.4 Å². The highest BCUT2D eigenvalue weighted by Gasteiger charge is 2.28. The number of halogens is 1. The van der Waals surface area contributed by atoms with Gasteiger partial charge in [0.1, 0.15) is 5.75 Å². The second-order valence-corrected chi connectivity index (χ2v) is 6.71. The van der Waals surface area contributed by atoms with Crippen LogP contribution in [0.5, 0.6) is 5.75 Å². The average Bonchev–Trinajstić information content (AvgIpc) is 3.05. The Kier molecular flexibility index (Phi) is 7.49. The van der Waals surface area contributed by atoms with E-state index in [4.69, 9.17) is 10.5 Å². The second kappa shape index (κ2) is 9.60. The molecule has 1 unspecified atom stereocenters. The molecule has 0 heterocycles. The predicted molar refractivity (Wildman–Crippen MR) is 107 cm³/mol. The largest absolute Gasteiger partial charge is 0.496 e. The monoisotopic (exact) mass is 374 g/mol. The summed E-state index contributed by atoms with van der Waals surface area (Å²) in [7, 11) is 1.65. The van der Waals surface area contributed by atoms with Crippen LogP contribution in [0.25, 0.3) is 0 Å². The number of hydrogen-bond donors (Lipinski definition) is 2. The molecular formula is C21H27ClN2O2. The second-order valence-electron chi connectivity index (χ2n) is 6.71. The lowest BCUT2D eigenvalue weighted by Crippen LogP contribution is -2.34. The van der Waals surface area contributed by atoms with Crippen molar-refractivity contribution in [3.63, 3.8) is 0 Å². The fraction of sp³-hybridized carbons (Fsp3) is 0.381. The maximum absolute atomic E-state index is 12.7. The van der Waals surface area contributed by atoms with Gasteiger partial charge in [0.2, 0.25) is 5.91 Å². The van der Waals surface area contributed by atoms with E-state index in [1.54, 1.807) is 7.11 Å². The molecule has 2 aromatic rings. The molecule has 26 heavy (non-hydrogen) atoms. The van der Waals surface area contributed by atoms with E-state index < -0.39 is 0 Å². The maximum atomic E-state index is 12.7. The van der Waals surface area contributed by atoms with Crippen LogP contribution in [0.15, 0.2) is 54.6 Å². The quantitative estimate of drug-likeness (QED) is 0.807. The summed E-state index contributed by atoms with van der Waals surface area (Å²) in [5.41, 5.74) is 8.12. The van der Waals surface area contributed by atoms with Gasteiger partial charge in [-0.15, -0.1) is 12.4 Å². The van der Waals surface area contributed by atoms with Crippen LogP contribution in [0.3, 0.4) is 0 Å². The van der Waals surface area contributed by atoms with E-state index in [-0.39, 0.29) is 36.3 Å². The van der Waals surface area contributed by atoms with Crippen LogP contribution in [0, 0.1) is 5.92 Å². The standard InChI is InChI=1S/C21H26N2O2.ClH/c1-25-19-13-6-5-11-17(19)21(15-8-3-2-4-9-15)23-20(24)14-16-10-7-12-18(16)22;/h2-6,8-9,11,13,16,18,21H,7,10,12,14,22H2,1H3,(H,23,24);1H/t16-,18+,21?;/m0./s1. The molecule has 1 amide bonds. The Morgan fingerprint density at radius 2 is 1.85 bits per heavy atom. The van der Waals surface area contributed by atoms with Crippen LogP contribution in [0.1, 0.15) is 42.9 Å². The normalized spacial score (nSPS) is 20.1. The Labute approximate surface area is 161 Å². The Morgan fingerprint density at radius 1 is 1.15 bits per heavy atom. The van der Waals surface area contributed by atoms with Crippen molar-refractivity contribution < 1.29 is 9.53 Å². The third-order valence-corrected chi connectivity index (χ3v) is 5.05. The van der Waals surface area contributed by atoms with Gasteiger partial charge in [0.25, 0.3) is 0 Å². The number of hydrogen-bond acceptors (Lipinski definition) is 3. The summed E-state index contributed by atoms with van der Waals surface area (Å²) in [5, 5.41) is 3.20. The van der Waals surface area contributed by atoms with Crippen molar-refractivity contribution in [2.75, 3.05) is 7.11 Å². The van der Waals surface area contributed by atoms with Gasteiger partial charge in [0, 0.05) is 18.0 Å². The molecule has 1 saturated carbocycles. The van der Waals surface area contributed by atoms with Crippen molar-refractivity contribution in [3.8, 4) is 5.75 Å². The zero-order valence-corrected chi connectivity index (χ0v) is 15.9. The number of benzene rings is 2. The molecule has 1 aliphatic rings. The van der Waals surface area contributed by atoms with E-state index in [0.29, 0.717) is 6.42 Å². The first-order valence-electron chi connectivity index (χ1n) is 8.92. The number of carbonyl (C=O) groups excluding carboxylic acids is 1. The summed E-state index contributed by atoms with van der Waals surface area (Å²) in [6.07, 6.45) is 3.67. The maximum Gasteiger partial charge on any atom is 0.221 e. The molecule has 0 radical (unpaired) electrons. The first kappa shape index (κ1) is 20.3. The number of amides is 1. The van der Waals surface area contributed by atoms with Crippen molar-refractivity contribution in [2.24, 2.45) is 11.7 Å². The van der Waals surface area contributed by atoms with Gasteiger partial charge in [-0.2, -0.15) is 0 Å². The van der Waals surface area contributed by atoms with Crippen LogP contribution in [-0.4, -0.2) is 19.1 Å². The summed E-state index contributed by atoms with van der Waals surface area (Å²) in [6.45, 7) is 0. The van der Waals surface area contributed by atoms with Crippen LogP contribution in [0.2, 0.25) is 0 Å². The minimum Gasteiger partial charge on any atom is -0.496 e. The van der Waals surface area contributed by atoms with Gasteiger partial charge < -0.3 is 15.8 Å². The minimum absolute atomic E-state index is 0. The Hall–Kier alpha value is -2.04. The molecule has 0 aliphatic heterocycles. The molecule has 0 bridgehead atoms. The van der Waals surface area contributed by atoms with Crippen LogP contribution in [-0.2, 0) is 4.79 Å². The van der Waals surface area contributed by atoms with E-state index in [9.17, 15) is 4.79 Å². The number of ether oxygens (including phenoxy) is 1. The highest BCUT2D eigenvalue weighted by atomic mass is 35.5. The molecule has 1 fully saturated rings. The fourth-order valence-electron chi connectivity index (χ4n) is 3.67. The van der Waals surface area contributed by atoms with Gasteiger partial charge in [-0.3, -0.25) is 4.79 Å². The van der Waals surface area contributed by atoms with E-state index >= 15 is 0 Å². The summed E-state index contributed by atoms with van der Waals surface area (Å²) < 4.78 is 5.51. The third-order valence-electron chi connectivity index (χ3n) is 5.05. The zero-order valence-electron chi connectivity index (χ0n) is 15.1. The molecule has 3 atom stereocenters. The van der Waals surface area contributed by atoms with Gasteiger partial charge >= 0.3 is 0 Å². The highest BCUT2D eigenvalue weighted by Crippen LogP contribution is 2.31. The van der Waals surface area contributed by atoms with Crippen molar-refractivity contribution in [1.29, 1.82) is 0 Å². The third kappa shape index (κ3) is 4.77. The van der Waals surface area contributed by atoms with Gasteiger partial charge in [-0.1, -0.05) is 55.0 Å². The SMILES string of the molecule is COc1ccccc1C(NC(=O)C[C@@H]1CCC[C@H]1N)c1ccccc1.Cl. The first-order chi connectivity index (χ1) is 12.2. The van der Waals surface area contributed by atoms with E-state index in [0.717, 1.165) is 36.1 Å². The van der Waals surface area contributed by atoms with Crippen LogP contribution < -0.4 is 15.8 Å². The Bertz CT molecular complexity index is 708. The number of nitrogens with two attached hydrogens (primary N) is 1. The van der Waals surface area contributed by atoms with Crippen molar-refractivity contribution in [1.82, 2.24) is 5.32 Å². The molecule has 0 aromatic heterocycles. The number of carbonyl (C=O) groups is 1. The van der Waals surface area contributed by atoms with Crippen LogP contribution in [0.4, 0.5) is 0 Å². The van der Waals surface area contributed by atoms with Gasteiger partial charge in [-0.05, 0) is 30.4 Å². The highest BCUT2D eigenvalue weighted by molar-refractivity contribution is 5.85. The molecular weight excluding hydrogens is 348 g/mol. The topological polar surface area (TPSA) is 64.3 Å².